The summed E-state index contributed by atoms with van der Waals surface area (Å²) in [5, 5.41) is 2.91. The summed E-state index contributed by atoms with van der Waals surface area (Å²) in [7, 11) is 0. The maximum atomic E-state index is 12.4. The van der Waals surface area contributed by atoms with Crippen molar-refractivity contribution in [1.82, 2.24) is 9.97 Å². The van der Waals surface area contributed by atoms with Crippen LogP contribution in [0.15, 0.2) is 40.3 Å². The third kappa shape index (κ3) is 6.42. The highest BCUT2D eigenvalue weighted by atomic mass is 32.2. The van der Waals surface area contributed by atoms with E-state index in [1.807, 2.05) is 19.1 Å². The van der Waals surface area contributed by atoms with Gasteiger partial charge in [0.05, 0.1) is 17.6 Å². The molecule has 1 atom stereocenters. The second kappa shape index (κ2) is 10.3. The molecule has 26 heavy (non-hydrogen) atoms. The SMILES string of the molecule is CCOc1ccc(NC(=O)C(C)Sc2nc(CSCC)cc(=O)[nH]2)cc1. The van der Waals surface area contributed by atoms with Crippen LogP contribution in [0.1, 0.15) is 26.5 Å². The lowest BCUT2D eigenvalue weighted by Gasteiger charge is -2.12. The van der Waals surface area contributed by atoms with Crippen LogP contribution >= 0.6 is 23.5 Å². The maximum absolute atomic E-state index is 12.4. The smallest absolute Gasteiger partial charge is 0.251 e. The van der Waals surface area contributed by atoms with Crippen molar-refractivity contribution in [3.63, 3.8) is 0 Å². The second-order valence-electron chi connectivity index (χ2n) is 5.39. The molecule has 0 aliphatic heterocycles. The normalized spacial score (nSPS) is 11.8. The number of aromatic amines is 1. The van der Waals surface area contributed by atoms with Crippen LogP contribution in [-0.2, 0) is 10.5 Å². The quantitative estimate of drug-likeness (QED) is 0.501. The fourth-order valence-corrected chi connectivity index (χ4v) is 3.48. The molecule has 1 heterocycles. The van der Waals surface area contributed by atoms with Crippen molar-refractivity contribution < 1.29 is 9.53 Å². The van der Waals surface area contributed by atoms with Gasteiger partial charge in [-0.05, 0) is 43.9 Å². The van der Waals surface area contributed by atoms with Gasteiger partial charge in [-0.2, -0.15) is 11.8 Å². The Labute approximate surface area is 161 Å². The number of anilines is 1. The lowest BCUT2D eigenvalue weighted by molar-refractivity contribution is -0.115. The number of nitrogens with zero attached hydrogens (tertiary/aromatic N) is 1. The summed E-state index contributed by atoms with van der Waals surface area (Å²) < 4.78 is 5.38. The summed E-state index contributed by atoms with van der Waals surface area (Å²) in [4.78, 5) is 31.3. The van der Waals surface area contributed by atoms with Crippen molar-refractivity contribution in [2.45, 2.75) is 36.9 Å². The Bertz CT molecular complexity index is 778. The first-order valence-electron chi connectivity index (χ1n) is 8.40. The van der Waals surface area contributed by atoms with Crippen molar-refractivity contribution in [1.29, 1.82) is 0 Å². The fraction of sp³-hybridized carbons (Fsp3) is 0.389. The Balaban J connectivity index is 1.98. The van der Waals surface area contributed by atoms with Crippen LogP contribution in [0.3, 0.4) is 0 Å². The number of hydrogen-bond acceptors (Lipinski definition) is 6. The molecule has 8 heteroatoms. The average molecular weight is 394 g/mol. The van der Waals surface area contributed by atoms with E-state index < -0.39 is 5.25 Å². The van der Waals surface area contributed by atoms with Crippen molar-refractivity contribution in [2.75, 3.05) is 17.7 Å². The first-order valence-corrected chi connectivity index (χ1v) is 10.4. The van der Waals surface area contributed by atoms with Gasteiger partial charge >= 0.3 is 0 Å². The van der Waals surface area contributed by atoms with E-state index in [0.717, 1.165) is 17.2 Å². The molecule has 2 N–H and O–H groups in total. The molecule has 0 radical (unpaired) electrons. The zero-order valence-electron chi connectivity index (χ0n) is 15.1. The number of carbonyl (C=O) groups is 1. The lowest BCUT2D eigenvalue weighted by atomic mass is 10.3. The highest BCUT2D eigenvalue weighted by Gasteiger charge is 2.16. The minimum absolute atomic E-state index is 0.157. The van der Waals surface area contributed by atoms with Gasteiger partial charge in [-0.3, -0.25) is 9.59 Å². The third-order valence-corrected chi connectivity index (χ3v) is 5.21. The Kier molecular flexibility index (Phi) is 8.06. The molecule has 0 fully saturated rings. The summed E-state index contributed by atoms with van der Waals surface area (Å²) in [6, 6.07) is 8.71. The number of benzene rings is 1. The molecule has 0 saturated heterocycles. The van der Waals surface area contributed by atoms with E-state index in [1.54, 1.807) is 30.8 Å². The topological polar surface area (TPSA) is 84.1 Å². The minimum Gasteiger partial charge on any atom is -0.494 e. The van der Waals surface area contributed by atoms with Crippen molar-refractivity contribution in [3.05, 3.63) is 46.4 Å². The predicted molar refractivity (Wildman–Crippen MR) is 108 cm³/mol. The Morgan fingerprint density at radius 1 is 1.31 bits per heavy atom. The monoisotopic (exact) mass is 393 g/mol. The molecule has 1 unspecified atom stereocenters. The van der Waals surface area contributed by atoms with Crippen LogP contribution in [0.25, 0.3) is 0 Å². The molecule has 2 rings (SSSR count). The van der Waals surface area contributed by atoms with E-state index in [1.165, 1.54) is 17.8 Å². The van der Waals surface area contributed by atoms with Crippen molar-refractivity contribution in [2.24, 2.45) is 0 Å². The third-order valence-electron chi connectivity index (χ3n) is 3.32. The predicted octanol–water partition coefficient (Wildman–Crippen LogP) is 3.54. The number of rotatable bonds is 9. The summed E-state index contributed by atoms with van der Waals surface area (Å²) in [6.07, 6.45) is 0. The first-order chi connectivity index (χ1) is 12.5. The van der Waals surface area contributed by atoms with Gasteiger partial charge in [-0.1, -0.05) is 18.7 Å². The van der Waals surface area contributed by atoms with E-state index in [-0.39, 0.29) is 11.5 Å². The zero-order chi connectivity index (χ0) is 18.9. The molecule has 0 saturated carbocycles. The molecular formula is C18H23N3O3S2. The highest BCUT2D eigenvalue weighted by Crippen LogP contribution is 2.22. The van der Waals surface area contributed by atoms with Gasteiger partial charge in [0.2, 0.25) is 5.91 Å². The first kappa shape index (κ1) is 20.4. The summed E-state index contributed by atoms with van der Waals surface area (Å²) in [5.74, 6) is 2.24. The van der Waals surface area contributed by atoms with Gasteiger partial charge in [0.15, 0.2) is 5.16 Å². The molecule has 1 amide bonds. The standard InChI is InChI=1S/C18H23N3O3S2/c1-4-24-15-8-6-13(7-9-15)19-17(23)12(3)26-18-20-14(11-25-5-2)10-16(22)21-18/h6-10,12H,4-5,11H2,1-3H3,(H,19,23)(H,20,21,22). The number of H-pyrrole nitrogens is 1. The number of nitrogens with one attached hydrogen (secondary N) is 2. The van der Waals surface area contributed by atoms with Gasteiger partial charge in [0, 0.05) is 17.5 Å². The Hall–Kier alpha value is -1.93. The Morgan fingerprint density at radius 3 is 2.69 bits per heavy atom. The summed E-state index contributed by atoms with van der Waals surface area (Å²) in [6.45, 7) is 6.35. The van der Waals surface area contributed by atoms with Gasteiger partial charge in [0.1, 0.15) is 5.75 Å². The van der Waals surface area contributed by atoms with Gasteiger partial charge in [-0.25, -0.2) is 4.98 Å². The van der Waals surface area contributed by atoms with Crippen LogP contribution in [-0.4, -0.2) is 33.5 Å². The number of ether oxygens (including phenoxy) is 1. The van der Waals surface area contributed by atoms with Crippen LogP contribution in [0.4, 0.5) is 5.69 Å². The highest BCUT2D eigenvalue weighted by molar-refractivity contribution is 8.00. The molecule has 1 aromatic heterocycles. The molecule has 2 aromatic rings. The molecule has 0 aliphatic rings. The zero-order valence-corrected chi connectivity index (χ0v) is 16.7. The van der Waals surface area contributed by atoms with E-state index in [4.69, 9.17) is 4.74 Å². The van der Waals surface area contributed by atoms with Crippen LogP contribution in [0, 0.1) is 0 Å². The molecule has 0 bridgehead atoms. The largest absolute Gasteiger partial charge is 0.494 e. The Morgan fingerprint density at radius 2 is 2.04 bits per heavy atom. The van der Waals surface area contributed by atoms with Crippen LogP contribution in [0.5, 0.6) is 5.75 Å². The second-order valence-corrected chi connectivity index (χ2v) is 7.99. The van der Waals surface area contributed by atoms with E-state index in [2.05, 4.69) is 22.2 Å². The van der Waals surface area contributed by atoms with Gasteiger partial charge in [-0.15, -0.1) is 0 Å². The molecule has 1 aromatic carbocycles. The number of aromatic nitrogens is 2. The van der Waals surface area contributed by atoms with Crippen LogP contribution in [0.2, 0.25) is 0 Å². The van der Waals surface area contributed by atoms with Crippen LogP contribution < -0.4 is 15.6 Å². The van der Waals surface area contributed by atoms with Crippen molar-refractivity contribution >= 4 is 35.1 Å². The fourth-order valence-electron chi connectivity index (χ4n) is 2.09. The molecule has 140 valence electrons. The number of amides is 1. The molecular weight excluding hydrogens is 370 g/mol. The van der Waals surface area contributed by atoms with Gasteiger partial charge in [0.25, 0.3) is 5.56 Å². The minimum atomic E-state index is -0.404. The average Bonchev–Trinajstić information content (AvgIpc) is 2.61. The lowest BCUT2D eigenvalue weighted by Crippen LogP contribution is -2.23. The van der Waals surface area contributed by atoms with Crippen molar-refractivity contribution in [3.8, 4) is 5.75 Å². The van der Waals surface area contributed by atoms with E-state index >= 15 is 0 Å². The van der Waals surface area contributed by atoms with E-state index in [0.29, 0.717) is 23.2 Å². The molecule has 0 aliphatic carbocycles. The van der Waals surface area contributed by atoms with Gasteiger partial charge < -0.3 is 15.0 Å². The number of thioether (sulfide) groups is 2. The summed E-state index contributed by atoms with van der Waals surface area (Å²) in [5.41, 5.74) is 1.22. The number of hydrogen-bond donors (Lipinski definition) is 2. The molecule has 0 spiro atoms. The number of carbonyl (C=O) groups excluding carboxylic acids is 1. The summed E-state index contributed by atoms with van der Waals surface area (Å²) >= 11 is 2.93. The maximum Gasteiger partial charge on any atom is 0.251 e. The van der Waals surface area contributed by atoms with E-state index in [9.17, 15) is 9.59 Å². The molecule has 6 nitrogen and oxygen atoms in total.